The molecular weight excluding hydrogens is 220 g/mol. The van der Waals surface area contributed by atoms with Crippen molar-refractivity contribution in [3.05, 3.63) is 23.8 Å². The van der Waals surface area contributed by atoms with Gasteiger partial charge in [0.1, 0.15) is 5.75 Å². The smallest absolute Gasteiger partial charge is 0.176 e. The number of nitrogens with one attached hydrogen (secondary N) is 1. The van der Waals surface area contributed by atoms with E-state index in [0.717, 1.165) is 0 Å². The zero-order valence-corrected chi connectivity index (χ0v) is 9.90. The van der Waals surface area contributed by atoms with E-state index >= 15 is 0 Å². The largest absolute Gasteiger partial charge is 0.495 e. The van der Waals surface area contributed by atoms with Gasteiger partial charge in [-0.05, 0) is 31.2 Å². The second-order valence-corrected chi connectivity index (χ2v) is 3.63. The number of ether oxygens (including phenoxy) is 1. The molecule has 0 aliphatic carbocycles. The lowest BCUT2D eigenvalue weighted by Crippen LogP contribution is -2.24. The van der Waals surface area contributed by atoms with Crippen LogP contribution in [-0.4, -0.2) is 37.7 Å². The molecule has 0 heterocycles. The maximum Gasteiger partial charge on any atom is 0.176 e. The number of anilines is 1. The van der Waals surface area contributed by atoms with Crippen LogP contribution in [0.2, 0.25) is 0 Å². The fourth-order valence-electron chi connectivity index (χ4n) is 1.42. The van der Waals surface area contributed by atoms with Crippen molar-refractivity contribution in [1.82, 2.24) is 5.32 Å². The van der Waals surface area contributed by atoms with E-state index in [-0.39, 0.29) is 18.9 Å². The van der Waals surface area contributed by atoms with Crippen LogP contribution in [0.15, 0.2) is 18.2 Å². The molecule has 0 bridgehead atoms. The van der Waals surface area contributed by atoms with E-state index in [1.165, 1.54) is 7.11 Å². The molecule has 0 radical (unpaired) electrons. The summed E-state index contributed by atoms with van der Waals surface area (Å²) in [4.78, 5) is 11.7. The zero-order chi connectivity index (χ0) is 12.7. The highest BCUT2D eigenvalue weighted by Crippen LogP contribution is 2.21. The van der Waals surface area contributed by atoms with Gasteiger partial charge in [-0.2, -0.15) is 0 Å². The molecule has 1 aromatic carbocycles. The second-order valence-electron chi connectivity index (χ2n) is 3.63. The summed E-state index contributed by atoms with van der Waals surface area (Å²) in [6.07, 6.45) is 0.637. The standard InChI is InChI=1S/C12H18N2O3/c1-17-12-4-3-9(7-10(12)13)11(16)8-14-5-2-6-15/h3-4,7,14-15H,2,5-6,8,13H2,1H3. The Labute approximate surface area is 101 Å². The van der Waals surface area contributed by atoms with Crippen molar-refractivity contribution in [3.8, 4) is 5.75 Å². The number of aliphatic hydroxyl groups is 1. The predicted octanol–water partition coefficient (Wildman–Crippen LogP) is 0.432. The maximum absolute atomic E-state index is 11.7. The van der Waals surface area contributed by atoms with E-state index in [4.69, 9.17) is 15.6 Å². The highest BCUT2D eigenvalue weighted by Gasteiger charge is 2.07. The fourth-order valence-corrected chi connectivity index (χ4v) is 1.42. The molecule has 5 nitrogen and oxygen atoms in total. The Hall–Kier alpha value is -1.59. The molecule has 0 aromatic heterocycles. The SMILES string of the molecule is COc1ccc(C(=O)CNCCCO)cc1N. The highest BCUT2D eigenvalue weighted by molar-refractivity contribution is 5.98. The van der Waals surface area contributed by atoms with Crippen molar-refractivity contribution in [3.63, 3.8) is 0 Å². The minimum absolute atomic E-state index is 0.0303. The number of ketones is 1. The lowest BCUT2D eigenvalue weighted by Gasteiger charge is -2.07. The van der Waals surface area contributed by atoms with Crippen molar-refractivity contribution in [1.29, 1.82) is 0 Å². The summed E-state index contributed by atoms with van der Waals surface area (Å²) in [6.45, 7) is 0.982. The Morgan fingerprint density at radius 2 is 2.29 bits per heavy atom. The molecule has 17 heavy (non-hydrogen) atoms. The lowest BCUT2D eigenvalue weighted by atomic mass is 10.1. The van der Waals surface area contributed by atoms with Gasteiger partial charge in [0.15, 0.2) is 5.78 Å². The van der Waals surface area contributed by atoms with Gasteiger partial charge in [0, 0.05) is 12.2 Å². The first-order valence-electron chi connectivity index (χ1n) is 5.47. The Bertz CT molecular complexity index is 380. The van der Waals surface area contributed by atoms with Crippen LogP contribution in [0.4, 0.5) is 5.69 Å². The molecule has 0 amide bonds. The van der Waals surface area contributed by atoms with Crippen molar-refractivity contribution in [2.75, 3.05) is 32.5 Å². The molecule has 5 heteroatoms. The van der Waals surface area contributed by atoms with Crippen molar-refractivity contribution >= 4 is 11.5 Å². The number of nitrogens with two attached hydrogens (primary N) is 1. The van der Waals surface area contributed by atoms with Gasteiger partial charge in [0.05, 0.1) is 19.3 Å². The van der Waals surface area contributed by atoms with E-state index in [0.29, 0.717) is 30.0 Å². The third kappa shape index (κ3) is 4.05. The number of aliphatic hydroxyl groups excluding tert-OH is 1. The Morgan fingerprint density at radius 3 is 2.88 bits per heavy atom. The second kappa shape index (κ2) is 6.88. The Balaban J connectivity index is 2.54. The van der Waals surface area contributed by atoms with Gasteiger partial charge in [-0.3, -0.25) is 4.79 Å². The number of carbonyl (C=O) groups is 1. The van der Waals surface area contributed by atoms with Crippen LogP contribution in [0.3, 0.4) is 0 Å². The number of methoxy groups -OCH3 is 1. The fraction of sp³-hybridized carbons (Fsp3) is 0.417. The maximum atomic E-state index is 11.7. The van der Waals surface area contributed by atoms with Gasteiger partial charge in [0.2, 0.25) is 0 Å². The van der Waals surface area contributed by atoms with E-state index in [1.807, 2.05) is 0 Å². The highest BCUT2D eigenvalue weighted by atomic mass is 16.5. The molecule has 1 aromatic rings. The number of Topliss-reactive ketones (excluding diaryl/α,β-unsaturated/α-hetero) is 1. The van der Waals surface area contributed by atoms with Gasteiger partial charge in [-0.1, -0.05) is 0 Å². The predicted molar refractivity (Wildman–Crippen MR) is 66.3 cm³/mol. The summed E-state index contributed by atoms with van der Waals surface area (Å²) >= 11 is 0. The van der Waals surface area contributed by atoms with Gasteiger partial charge in [-0.15, -0.1) is 0 Å². The molecule has 0 aliphatic heterocycles. The van der Waals surface area contributed by atoms with Crippen LogP contribution in [0.25, 0.3) is 0 Å². The van der Waals surface area contributed by atoms with Crippen LogP contribution in [0.1, 0.15) is 16.8 Å². The monoisotopic (exact) mass is 238 g/mol. The van der Waals surface area contributed by atoms with Gasteiger partial charge >= 0.3 is 0 Å². The molecule has 1 rings (SSSR count). The minimum Gasteiger partial charge on any atom is -0.495 e. The van der Waals surface area contributed by atoms with Crippen LogP contribution >= 0.6 is 0 Å². The molecule has 0 spiro atoms. The van der Waals surface area contributed by atoms with Crippen LogP contribution in [0.5, 0.6) is 5.75 Å². The van der Waals surface area contributed by atoms with E-state index in [9.17, 15) is 4.79 Å². The molecule has 0 fully saturated rings. The molecule has 94 valence electrons. The van der Waals surface area contributed by atoms with E-state index in [2.05, 4.69) is 5.32 Å². The molecule has 0 unspecified atom stereocenters. The Morgan fingerprint density at radius 1 is 1.53 bits per heavy atom. The van der Waals surface area contributed by atoms with Gasteiger partial charge in [0.25, 0.3) is 0 Å². The quantitative estimate of drug-likeness (QED) is 0.364. The first kappa shape index (κ1) is 13.5. The third-order valence-corrected chi connectivity index (χ3v) is 2.35. The number of carbonyl (C=O) groups excluding carboxylic acids is 1. The number of benzene rings is 1. The molecule has 0 atom stereocenters. The van der Waals surface area contributed by atoms with Crippen LogP contribution in [0, 0.1) is 0 Å². The molecule has 4 N–H and O–H groups in total. The van der Waals surface area contributed by atoms with E-state index < -0.39 is 0 Å². The zero-order valence-electron chi connectivity index (χ0n) is 9.90. The average molecular weight is 238 g/mol. The third-order valence-electron chi connectivity index (χ3n) is 2.35. The van der Waals surface area contributed by atoms with Crippen LogP contribution in [-0.2, 0) is 0 Å². The summed E-state index contributed by atoms with van der Waals surface area (Å²) in [5.41, 5.74) is 6.72. The Kier molecular flexibility index (Phi) is 5.45. The molecule has 0 saturated heterocycles. The molecule has 0 saturated carbocycles. The van der Waals surface area contributed by atoms with Crippen molar-refractivity contribution in [2.45, 2.75) is 6.42 Å². The number of rotatable bonds is 7. The lowest BCUT2D eigenvalue weighted by molar-refractivity contribution is 0.0990. The van der Waals surface area contributed by atoms with Gasteiger partial charge in [-0.25, -0.2) is 0 Å². The van der Waals surface area contributed by atoms with Crippen molar-refractivity contribution in [2.24, 2.45) is 0 Å². The average Bonchev–Trinajstić information content (AvgIpc) is 2.34. The molecular formula is C12H18N2O3. The summed E-state index contributed by atoms with van der Waals surface area (Å²) in [5.74, 6) is 0.534. The van der Waals surface area contributed by atoms with Crippen molar-refractivity contribution < 1.29 is 14.6 Å². The summed E-state index contributed by atoms with van der Waals surface area (Å²) in [7, 11) is 1.53. The summed E-state index contributed by atoms with van der Waals surface area (Å²) in [6, 6.07) is 4.97. The normalized spacial score (nSPS) is 10.2. The molecule has 0 aliphatic rings. The topological polar surface area (TPSA) is 84.6 Å². The summed E-state index contributed by atoms with van der Waals surface area (Å²) < 4.78 is 5.01. The first-order chi connectivity index (χ1) is 8.19. The first-order valence-corrected chi connectivity index (χ1v) is 5.47. The van der Waals surface area contributed by atoms with E-state index in [1.54, 1.807) is 18.2 Å². The minimum atomic E-state index is -0.0303. The number of nitrogen functional groups attached to an aromatic ring is 1. The van der Waals surface area contributed by atoms with Crippen LogP contribution < -0.4 is 15.8 Å². The number of hydrogen-bond donors (Lipinski definition) is 3. The van der Waals surface area contributed by atoms with Gasteiger partial charge < -0.3 is 20.9 Å². The number of hydrogen-bond acceptors (Lipinski definition) is 5. The summed E-state index contributed by atoms with van der Waals surface area (Å²) in [5, 5.41) is 11.5.